The minimum Gasteiger partial charge on any atom is -0.497 e. The number of rotatable bonds is 3. The van der Waals surface area contributed by atoms with E-state index in [0.29, 0.717) is 5.71 Å². The van der Waals surface area contributed by atoms with Crippen molar-refractivity contribution < 1.29 is 14.4 Å². The zero-order valence-electron chi connectivity index (χ0n) is 10.4. The lowest BCUT2D eigenvalue weighted by atomic mass is 10.1. The van der Waals surface area contributed by atoms with Crippen molar-refractivity contribution in [3.05, 3.63) is 29.8 Å². The largest absolute Gasteiger partial charge is 0.497 e. The molecule has 0 atom stereocenters. The van der Waals surface area contributed by atoms with Gasteiger partial charge in [-0.05, 0) is 19.1 Å². The highest BCUT2D eigenvalue weighted by Crippen LogP contribution is 2.13. The summed E-state index contributed by atoms with van der Waals surface area (Å²) in [5.41, 5.74) is 1.45. The second-order valence-electron chi connectivity index (χ2n) is 3.66. The lowest BCUT2D eigenvalue weighted by Gasteiger charge is -2.07. The number of hydrogen-bond acceptors (Lipinski definition) is 4. The maximum atomic E-state index is 11.2. The van der Waals surface area contributed by atoms with Crippen LogP contribution >= 0.6 is 0 Å². The Bertz CT molecular complexity index is 428. The first-order valence-corrected chi connectivity index (χ1v) is 5.12. The average Bonchev–Trinajstić information content (AvgIpc) is 2.35. The Hall–Kier alpha value is -2.04. The Morgan fingerprint density at radius 2 is 2.06 bits per heavy atom. The van der Waals surface area contributed by atoms with Gasteiger partial charge in [0, 0.05) is 19.7 Å². The Morgan fingerprint density at radius 3 is 2.65 bits per heavy atom. The number of carbonyl (C=O) groups is 1. The Kier molecular flexibility index (Phi) is 4.51. The quantitative estimate of drug-likeness (QED) is 0.459. The van der Waals surface area contributed by atoms with Crippen molar-refractivity contribution in [1.29, 1.82) is 0 Å². The lowest BCUT2D eigenvalue weighted by molar-refractivity contribution is 0.122. The summed E-state index contributed by atoms with van der Waals surface area (Å²) in [5, 5.41) is 3.76. The molecule has 0 radical (unpaired) electrons. The predicted molar refractivity (Wildman–Crippen MR) is 65.4 cm³/mol. The van der Waals surface area contributed by atoms with Crippen molar-refractivity contribution in [2.75, 3.05) is 21.2 Å². The van der Waals surface area contributed by atoms with Crippen LogP contribution in [0.4, 0.5) is 4.79 Å². The van der Waals surface area contributed by atoms with Gasteiger partial charge in [-0.25, -0.2) is 4.79 Å². The predicted octanol–water partition coefficient (Wildman–Crippen LogP) is 2.12. The van der Waals surface area contributed by atoms with Crippen molar-refractivity contribution in [3.8, 4) is 5.75 Å². The highest BCUT2D eigenvalue weighted by Gasteiger charge is 2.05. The van der Waals surface area contributed by atoms with Gasteiger partial charge in [-0.1, -0.05) is 17.3 Å². The van der Waals surface area contributed by atoms with Gasteiger partial charge < -0.3 is 9.64 Å². The van der Waals surface area contributed by atoms with Crippen LogP contribution in [0.15, 0.2) is 29.4 Å². The summed E-state index contributed by atoms with van der Waals surface area (Å²) in [5.74, 6) is 0.732. The Labute approximate surface area is 101 Å². The molecule has 17 heavy (non-hydrogen) atoms. The molecular weight excluding hydrogens is 220 g/mol. The first-order valence-electron chi connectivity index (χ1n) is 5.12. The molecule has 0 heterocycles. The second kappa shape index (κ2) is 5.89. The number of nitrogens with zero attached hydrogens (tertiary/aromatic N) is 2. The van der Waals surface area contributed by atoms with Gasteiger partial charge in [-0.2, -0.15) is 0 Å². The van der Waals surface area contributed by atoms with Crippen molar-refractivity contribution in [2.24, 2.45) is 5.16 Å². The molecule has 1 aromatic rings. The van der Waals surface area contributed by atoms with E-state index in [2.05, 4.69) is 5.16 Å². The van der Waals surface area contributed by atoms with E-state index in [1.165, 1.54) is 4.90 Å². The molecule has 0 saturated carbocycles. The molecule has 0 N–H and O–H groups in total. The van der Waals surface area contributed by atoms with Crippen LogP contribution in [0.5, 0.6) is 5.75 Å². The van der Waals surface area contributed by atoms with Crippen molar-refractivity contribution in [2.45, 2.75) is 6.92 Å². The monoisotopic (exact) mass is 236 g/mol. The highest BCUT2D eigenvalue weighted by atomic mass is 16.7. The van der Waals surface area contributed by atoms with E-state index >= 15 is 0 Å². The van der Waals surface area contributed by atoms with Crippen LogP contribution in [0, 0.1) is 0 Å². The first kappa shape index (κ1) is 13.0. The smallest absolute Gasteiger partial charge is 0.435 e. The molecule has 0 aliphatic heterocycles. The zero-order valence-corrected chi connectivity index (χ0v) is 10.4. The van der Waals surface area contributed by atoms with E-state index in [4.69, 9.17) is 9.57 Å². The van der Waals surface area contributed by atoms with Gasteiger partial charge in [0.15, 0.2) is 0 Å². The molecule has 0 aliphatic carbocycles. The molecule has 1 aromatic carbocycles. The van der Waals surface area contributed by atoms with E-state index in [1.807, 2.05) is 24.3 Å². The highest BCUT2D eigenvalue weighted by molar-refractivity contribution is 5.98. The summed E-state index contributed by atoms with van der Waals surface area (Å²) in [7, 11) is 4.79. The number of oxime groups is 1. The van der Waals surface area contributed by atoms with Gasteiger partial charge in [-0.15, -0.1) is 0 Å². The molecule has 0 aliphatic rings. The van der Waals surface area contributed by atoms with Crippen LogP contribution in [0.25, 0.3) is 0 Å². The normalized spacial score (nSPS) is 10.9. The third kappa shape index (κ3) is 3.79. The molecular formula is C12H16N2O3. The van der Waals surface area contributed by atoms with Gasteiger partial charge in [0.25, 0.3) is 0 Å². The molecule has 0 bridgehead atoms. The second-order valence-corrected chi connectivity index (χ2v) is 3.66. The molecule has 0 unspecified atom stereocenters. The minimum atomic E-state index is -0.507. The van der Waals surface area contributed by atoms with E-state index in [-0.39, 0.29) is 0 Å². The van der Waals surface area contributed by atoms with Gasteiger partial charge in [0.1, 0.15) is 5.75 Å². The summed E-state index contributed by atoms with van der Waals surface area (Å²) in [4.78, 5) is 17.2. The fourth-order valence-corrected chi connectivity index (χ4v) is 1.09. The summed E-state index contributed by atoms with van der Waals surface area (Å²) in [6, 6.07) is 7.37. The molecule has 0 fully saturated rings. The van der Waals surface area contributed by atoms with E-state index in [1.54, 1.807) is 28.1 Å². The molecule has 0 spiro atoms. The zero-order chi connectivity index (χ0) is 12.8. The summed E-state index contributed by atoms with van der Waals surface area (Å²) in [6.45, 7) is 1.76. The van der Waals surface area contributed by atoms with Gasteiger partial charge in [-0.3, -0.25) is 4.84 Å². The van der Waals surface area contributed by atoms with Gasteiger partial charge in [0.2, 0.25) is 0 Å². The van der Waals surface area contributed by atoms with Crippen LogP contribution < -0.4 is 4.74 Å². The van der Waals surface area contributed by atoms with E-state index in [0.717, 1.165) is 11.3 Å². The topological polar surface area (TPSA) is 51.1 Å². The van der Waals surface area contributed by atoms with E-state index in [9.17, 15) is 4.79 Å². The fourth-order valence-electron chi connectivity index (χ4n) is 1.09. The number of amides is 1. The molecule has 5 nitrogen and oxygen atoms in total. The van der Waals surface area contributed by atoms with Gasteiger partial charge in [0.05, 0.1) is 12.8 Å². The SMILES string of the molecule is COc1cccc(C(C)=NOC(=O)N(C)C)c1. The molecule has 0 saturated heterocycles. The number of benzene rings is 1. The molecule has 1 amide bonds. The molecule has 0 aromatic heterocycles. The molecule has 92 valence electrons. The number of methoxy groups -OCH3 is 1. The fraction of sp³-hybridized carbons (Fsp3) is 0.333. The van der Waals surface area contributed by atoms with Crippen LogP contribution in [0.3, 0.4) is 0 Å². The maximum absolute atomic E-state index is 11.2. The van der Waals surface area contributed by atoms with Crippen molar-refractivity contribution >= 4 is 11.8 Å². The first-order chi connectivity index (χ1) is 8.04. The number of carbonyl (C=O) groups excluding carboxylic acids is 1. The average molecular weight is 236 g/mol. The lowest BCUT2D eigenvalue weighted by Crippen LogP contribution is -2.21. The third-order valence-electron chi connectivity index (χ3n) is 2.11. The maximum Gasteiger partial charge on any atom is 0.435 e. The Balaban J connectivity index is 2.77. The Morgan fingerprint density at radius 1 is 1.35 bits per heavy atom. The summed E-state index contributed by atoms with van der Waals surface area (Å²) < 4.78 is 5.10. The third-order valence-corrected chi connectivity index (χ3v) is 2.11. The van der Waals surface area contributed by atoms with E-state index < -0.39 is 6.09 Å². The minimum absolute atomic E-state index is 0.507. The molecule has 1 rings (SSSR count). The summed E-state index contributed by atoms with van der Waals surface area (Å²) >= 11 is 0. The van der Waals surface area contributed by atoms with Crippen LogP contribution in [0.2, 0.25) is 0 Å². The van der Waals surface area contributed by atoms with Crippen LogP contribution in [-0.4, -0.2) is 37.9 Å². The van der Waals surface area contributed by atoms with Crippen LogP contribution in [-0.2, 0) is 4.84 Å². The van der Waals surface area contributed by atoms with Crippen molar-refractivity contribution in [3.63, 3.8) is 0 Å². The number of hydrogen-bond donors (Lipinski definition) is 0. The van der Waals surface area contributed by atoms with Crippen LogP contribution in [0.1, 0.15) is 12.5 Å². The van der Waals surface area contributed by atoms with Gasteiger partial charge >= 0.3 is 6.09 Å². The standard InChI is InChI=1S/C12H16N2O3/c1-9(13-17-12(15)14(2)3)10-6-5-7-11(8-10)16-4/h5-8H,1-4H3. The molecule has 5 heteroatoms. The van der Waals surface area contributed by atoms with Crippen molar-refractivity contribution in [1.82, 2.24) is 4.90 Å². The summed E-state index contributed by atoms with van der Waals surface area (Å²) in [6.07, 6.45) is -0.507. The number of ether oxygens (including phenoxy) is 1.